The van der Waals surface area contributed by atoms with E-state index in [-0.39, 0.29) is 17.9 Å². The third kappa shape index (κ3) is 4.05. The summed E-state index contributed by atoms with van der Waals surface area (Å²) in [5.74, 6) is -0.903. The minimum atomic E-state index is -4.02. The van der Waals surface area contributed by atoms with E-state index in [0.717, 1.165) is 4.31 Å². The lowest BCUT2D eigenvalue weighted by atomic mass is 9.88. The van der Waals surface area contributed by atoms with E-state index >= 15 is 0 Å². The Morgan fingerprint density at radius 1 is 1.10 bits per heavy atom. The molecular weight excluding hydrogens is 406 g/mol. The van der Waals surface area contributed by atoms with Crippen LogP contribution in [0, 0.1) is 12.8 Å². The molecule has 0 N–H and O–H groups in total. The molecule has 8 heteroatoms. The van der Waals surface area contributed by atoms with E-state index in [1.54, 1.807) is 49.4 Å². The average Bonchev–Trinajstić information content (AvgIpc) is 2.71. The summed E-state index contributed by atoms with van der Waals surface area (Å²) in [7, 11) is -2.50. The number of esters is 1. The van der Waals surface area contributed by atoms with Gasteiger partial charge in [0.1, 0.15) is 12.4 Å². The zero-order valence-corrected chi connectivity index (χ0v) is 18.0. The molecule has 2 aromatic carbocycles. The van der Waals surface area contributed by atoms with E-state index in [4.69, 9.17) is 9.47 Å². The fourth-order valence-corrected chi connectivity index (χ4v) is 5.56. The molecule has 7 nitrogen and oxygen atoms in total. The van der Waals surface area contributed by atoms with Gasteiger partial charge in [0.15, 0.2) is 0 Å². The number of benzene rings is 2. The van der Waals surface area contributed by atoms with Crippen LogP contribution in [0.1, 0.15) is 24.5 Å². The van der Waals surface area contributed by atoms with E-state index in [1.165, 1.54) is 13.2 Å². The number of carbonyl (C=O) groups excluding carboxylic acids is 2. The van der Waals surface area contributed by atoms with Gasteiger partial charge < -0.3 is 9.47 Å². The van der Waals surface area contributed by atoms with Gasteiger partial charge in [0.25, 0.3) is 10.0 Å². The van der Waals surface area contributed by atoms with Crippen molar-refractivity contribution < 1.29 is 27.5 Å². The predicted octanol–water partition coefficient (Wildman–Crippen LogP) is 2.72. The lowest BCUT2D eigenvalue weighted by molar-refractivity contribution is -0.157. The number of β-lactam (4-membered cyclic amide) rings is 1. The van der Waals surface area contributed by atoms with Crippen LogP contribution in [0.5, 0.6) is 5.75 Å². The smallest absolute Gasteiger partial charge is 0.310 e. The summed E-state index contributed by atoms with van der Waals surface area (Å²) in [6.45, 7) is 3.31. The highest BCUT2D eigenvalue weighted by molar-refractivity contribution is 7.89. The second kappa shape index (κ2) is 8.87. The van der Waals surface area contributed by atoms with Gasteiger partial charge in [-0.15, -0.1) is 0 Å². The molecule has 1 amide bonds. The van der Waals surface area contributed by atoms with Crippen molar-refractivity contribution in [2.24, 2.45) is 5.92 Å². The van der Waals surface area contributed by atoms with Gasteiger partial charge in [-0.3, -0.25) is 9.59 Å². The van der Waals surface area contributed by atoms with Crippen molar-refractivity contribution >= 4 is 21.9 Å². The van der Waals surface area contributed by atoms with E-state index in [2.05, 4.69) is 0 Å². The van der Waals surface area contributed by atoms with Crippen LogP contribution in [0.25, 0.3) is 0 Å². The Balaban J connectivity index is 1.74. The third-order valence-electron chi connectivity index (χ3n) is 5.31. The normalized spacial score (nSPS) is 18.6. The van der Waals surface area contributed by atoms with Crippen molar-refractivity contribution in [3.8, 4) is 5.75 Å². The Kier molecular flexibility index (Phi) is 6.45. The fourth-order valence-electron chi connectivity index (χ4n) is 3.69. The van der Waals surface area contributed by atoms with Crippen LogP contribution >= 0.6 is 0 Å². The van der Waals surface area contributed by atoms with E-state index in [9.17, 15) is 18.0 Å². The van der Waals surface area contributed by atoms with Gasteiger partial charge in [-0.1, -0.05) is 43.3 Å². The first kappa shape index (κ1) is 21.8. The maximum absolute atomic E-state index is 13.1. The van der Waals surface area contributed by atoms with E-state index < -0.39 is 33.9 Å². The monoisotopic (exact) mass is 431 g/mol. The molecule has 1 heterocycles. The number of carbonyl (C=O) groups is 2. The molecule has 30 heavy (non-hydrogen) atoms. The minimum absolute atomic E-state index is 0.00792. The number of hydrogen-bond donors (Lipinski definition) is 0. The van der Waals surface area contributed by atoms with Gasteiger partial charge in [0.05, 0.1) is 30.4 Å². The summed E-state index contributed by atoms with van der Waals surface area (Å²) in [6.07, 6.45) is 0.458. The summed E-state index contributed by atoms with van der Waals surface area (Å²) in [5, 5.41) is 0. The highest BCUT2D eigenvalue weighted by atomic mass is 32.2. The zero-order chi connectivity index (χ0) is 21.9. The molecule has 0 radical (unpaired) electrons. The van der Waals surface area contributed by atoms with Crippen LogP contribution in [0.15, 0.2) is 53.4 Å². The van der Waals surface area contributed by atoms with Gasteiger partial charge in [-0.2, -0.15) is 0 Å². The van der Waals surface area contributed by atoms with Crippen molar-refractivity contribution in [1.29, 1.82) is 0 Å². The van der Waals surface area contributed by atoms with Crippen molar-refractivity contribution in [2.45, 2.75) is 37.6 Å². The number of nitrogens with zero attached hydrogens (tertiary/aromatic N) is 1. The van der Waals surface area contributed by atoms with Crippen LogP contribution in [0.3, 0.4) is 0 Å². The Hall–Kier alpha value is -2.87. The second-order valence-electron chi connectivity index (χ2n) is 7.16. The van der Waals surface area contributed by atoms with Gasteiger partial charge in [0.2, 0.25) is 5.91 Å². The number of rotatable bonds is 8. The summed E-state index contributed by atoms with van der Waals surface area (Å²) in [4.78, 5) is 25.0. The summed E-state index contributed by atoms with van der Waals surface area (Å²) in [5.41, 5.74) is 1.23. The van der Waals surface area contributed by atoms with Crippen molar-refractivity contribution in [3.63, 3.8) is 0 Å². The highest BCUT2D eigenvalue weighted by Gasteiger charge is 2.53. The Morgan fingerprint density at radius 2 is 1.77 bits per heavy atom. The number of sulfonamides is 1. The largest absolute Gasteiger partial charge is 0.496 e. The van der Waals surface area contributed by atoms with Crippen LogP contribution in [-0.4, -0.2) is 44.4 Å². The number of hydrogen-bond acceptors (Lipinski definition) is 6. The summed E-state index contributed by atoms with van der Waals surface area (Å²) in [6, 6.07) is 12.9. The topological polar surface area (TPSA) is 90.0 Å². The molecule has 1 aliphatic heterocycles. The van der Waals surface area contributed by atoms with Gasteiger partial charge >= 0.3 is 5.97 Å². The van der Waals surface area contributed by atoms with Gasteiger partial charge in [0, 0.05) is 5.56 Å². The second-order valence-corrected chi connectivity index (χ2v) is 8.94. The maximum Gasteiger partial charge on any atom is 0.310 e. The Labute approximate surface area is 176 Å². The third-order valence-corrected chi connectivity index (χ3v) is 7.30. The molecular formula is C22H25NO6S. The van der Waals surface area contributed by atoms with Crippen molar-refractivity contribution in [1.82, 2.24) is 4.31 Å². The highest BCUT2D eigenvalue weighted by Crippen LogP contribution is 2.36. The first-order valence-electron chi connectivity index (χ1n) is 9.72. The molecule has 0 aliphatic carbocycles. The molecule has 1 saturated heterocycles. The fraction of sp³-hybridized carbons (Fsp3) is 0.364. The van der Waals surface area contributed by atoms with Gasteiger partial charge in [-0.25, -0.2) is 12.7 Å². The lowest BCUT2D eigenvalue weighted by Gasteiger charge is -2.45. The number of methoxy groups -OCH3 is 1. The molecule has 0 aromatic heterocycles. The number of ether oxygens (including phenoxy) is 2. The SMILES string of the molecule is CCC1C(=O)N(S(=O)(=O)c2ccccc2C)[C@H]1COC(=O)Cc1ccccc1OC. The average molecular weight is 432 g/mol. The van der Waals surface area contributed by atoms with Gasteiger partial charge in [-0.05, 0) is 31.0 Å². The van der Waals surface area contributed by atoms with Crippen LogP contribution in [-0.2, 0) is 30.8 Å². The number of aryl methyl sites for hydroxylation is 1. The minimum Gasteiger partial charge on any atom is -0.496 e. The lowest BCUT2D eigenvalue weighted by Crippen LogP contribution is -2.64. The summed E-state index contributed by atoms with van der Waals surface area (Å²) < 4.78 is 37.6. The first-order valence-corrected chi connectivity index (χ1v) is 11.2. The zero-order valence-electron chi connectivity index (χ0n) is 17.2. The molecule has 3 rings (SSSR count). The van der Waals surface area contributed by atoms with Crippen LogP contribution < -0.4 is 4.74 Å². The van der Waals surface area contributed by atoms with E-state index in [0.29, 0.717) is 23.3 Å². The molecule has 0 saturated carbocycles. The standard InChI is InChI=1S/C22H25NO6S/c1-4-17-18(14-29-21(24)13-16-10-6-7-11-19(16)28-3)23(22(17)25)30(26,27)20-12-8-5-9-15(20)2/h5-12,17-18H,4,13-14H2,1-3H3/t17?,18-/m0/s1. The molecule has 160 valence electrons. The Morgan fingerprint density at radius 3 is 2.43 bits per heavy atom. The number of para-hydroxylation sites is 1. The molecule has 1 aliphatic rings. The molecule has 2 aromatic rings. The molecule has 2 atom stereocenters. The Bertz CT molecular complexity index is 1050. The molecule has 0 bridgehead atoms. The summed E-state index contributed by atoms with van der Waals surface area (Å²) >= 11 is 0. The molecule has 1 unspecified atom stereocenters. The van der Waals surface area contributed by atoms with Crippen LogP contribution in [0.4, 0.5) is 0 Å². The maximum atomic E-state index is 13.1. The van der Waals surface area contributed by atoms with E-state index in [1.807, 2.05) is 6.92 Å². The predicted molar refractivity (Wildman–Crippen MR) is 110 cm³/mol. The van der Waals surface area contributed by atoms with Crippen molar-refractivity contribution in [3.05, 3.63) is 59.7 Å². The molecule has 1 fully saturated rings. The first-order chi connectivity index (χ1) is 14.3. The van der Waals surface area contributed by atoms with Crippen molar-refractivity contribution in [2.75, 3.05) is 13.7 Å². The van der Waals surface area contributed by atoms with Crippen LogP contribution in [0.2, 0.25) is 0 Å². The number of amides is 1. The quantitative estimate of drug-likeness (QED) is 0.472. The molecule has 0 spiro atoms.